The van der Waals surface area contributed by atoms with Crippen molar-refractivity contribution in [3.05, 3.63) is 11.4 Å². The topological polar surface area (TPSA) is 56.7 Å². The second-order valence-electron chi connectivity index (χ2n) is 4.68. The second kappa shape index (κ2) is 6.63. The molecule has 2 N–H and O–H groups in total. The third kappa shape index (κ3) is 3.59. The fourth-order valence-electron chi connectivity index (χ4n) is 1.77. The Morgan fingerprint density at radius 1 is 1.31 bits per heavy atom. The zero-order valence-corrected chi connectivity index (χ0v) is 10.7. The van der Waals surface area contributed by atoms with Crippen LogP contribution in [-0.2, 0) is 19.4 Å². The molecule has 0 saturated carbocycles. The van der Waals surface area contributed by atoms with E-state index in [4.69, 9.17) is 5.73 Å². The molecule has 0 radical (unpaired) electrons. The Labute approximate surface area is 98.2 Å². The molecule has 1 rings (SSSR count). The van der Waals surface area contributed by atoms with E-state index in [1.54, 1.807) is 0 Å². The van der Waals surface area contributed by atoms with Crippen molar-refractivity contribution in [3.63, 3.8) is 0 Å². The number of hydrogen-bond donors (Lipinski definition) is 1. The van der Waals surface area contributed by atoms with Gasteiger partial charge >= 0.3 is 0 Å². The summed E-state index contributed by atoms with van der Waals surface area (Å²) in [5.74, 6) is 0.705. The zero-order chi connectivity index (χ0) is 12.0. The summed E-state index contributed by atoms with van der Waals surface area (Å²) in [4.78, 5) is 0. The standard InChI is InChI=1S/C12H24N4/c1-4-5-12-11(6-8-13)14-15-16(12)9-7-10(2)3/h10H,4-9,13H2,1-3H3. The van der Waals surface area contributed by atoms with Crippen LogP contribution >= 0.6 is 0 Å². The number of nitrogens with zero attached hydrogens (tertiary/aromatic N) is 3. The highest BCUT2D eigenvalue weighted by Gasteiger charge is 2.11. The van der Waals surface area contributed by atoms with Crippen molar-refractivity contribution in [2.75, 3.05) is 6.54 Å². The van der Waals surface area contributed by atoms with Crippen LogP contribution in [-0.4, -0.2) is 21.5 Å². The first kappa shape index (κ1) is 13.2. The smallest absolute Gasteiger partial charge is 0.0871 e. The van der Waals surface area contributed by atoms with Gasteiger partial charge in [-0.2, -0.15) is 0 Å². The number of aromatic nitrogens is 3. The molecule has 0 aliphatic heterocycles. The number of hydrogen-bond acceptors (Lipinski definition) is 3. The van der Waals surface area contributed by atoms with E-state index < -0.39 is 0 Å². The van der Waals surface area contributed by atoms with Crippen molar-refractivity contribution < 1.29 is 0 Å². The van der Waals surface area contributed by atoms with Gasteiger partial charge in [-0.25, -0.2) is 4.68 Å². The highest BCUT2D eigenvalue weighted by Crippen LogP contribution is 2.11. The first-order chi connectivity index (χ1) is 7.69. The van der Waals surface area contributed by atoms with E-state index in [-0.39, 0.29) is 0 Å². The Balaban J connectivity index is 2.73. The molecule has 0 bridgehead atoms. The summed E-state index contributed by atoms with van der Waals surface area (Å²) >= 11 is 0. The average Bonchev–Trinajstić information content (AvgIpc) is 2.60. The Bertz CT molecular complexity index is 304. The van der Waals surface area contributed by atoms with Gasteiger partial charge in [-0.15, -0.1) is 5.10 Å². The summed E-state index contributed by atoms with van der Waals surface area (Å²) in [6.07, 6.45) is 4.19. The predicted molar refractivity (Wildman–Crippen MR) is 66.2 cm³/mol. The van der Waals surface area contributed by atoms with Crippen LogP contribution in [0.5, 0.6) is 0 Å². The maximum absolute atomic E-state index is 5.58. The van der Waals surface area contributed by atoms with Gasteiger partial charge < -0.3 is 5.73 Å². The van der Waals surface area contributed by atoms with Crippen molar-refractivity contribution in [2.24, 2.45) is 11.7 Å². The molecule has 4 nitrogen and oxygen atoms in total. The molecule has 0 saturated heterocycles. The highest BCUT2D eigenvalue weighted by atomic mass is 15.4. The summed E-state index contributed by atoms with van der Waals surface area (Å²) in [5, 5.41) is 8.47. The van der Waals surface area contributed by atoms with E-state index in [9.17, 15) is 0 Å². The summed E-state index contributed by atoms with van der Waals surface area (Å²) in [5.41, 5.74) is 7.96. The SMILES string of the molecule is CCCc1c(CCN)nnn1CCC(C)C. The van der Waals surface area contributed by atoms with Crippen molar-refractivity contribution >= 4 is 0 Å². The fourth-order valence-corrected chi connectivity index (χ4v) is 1.77. The molecule has 1 heterocycles. The fraction of sp³-hybridized carbons (Fsp3) is 0.833. The van der Waals surface area contributed by atoms with Gasteiger partial charge in [0.05, 0.1) is 11.4 Å². The van der Waals surface area contributed by atoms with Gasteiger partial charge in [0.1, 0.15) is 0 Å². The van der Waals surface area contributed by atoms with Gasteiger partial charge in [-0.3, -0.25) is 0 Å². The normalized spacial score (nSPS) is 11.3. The highest BCUT2D eigenvalue weighted by molar-refractivity contribution is 5.10. The molecule has 0 aliphatic rings. The predicted octanol–water partition coefficient (Wildman–Crippen LogP) is 1.78. The minimum Gasteiger partial charge on any atom is -0.330 e. The molecule has 16 heavy (non-hydrogen) atoms. The Kier molecular flexibility index (Phi) is 5.46. The molecular weight excluding hydrogens is 200 g/mol. The quantitative estimate of drug-likeness (QED) is 0.768. The third-order valence-corrected chi connectivity index (χ3v) is 2.70. The van der Waals surface area contributed by atoms with Crippen LogP contribution in [0.3, 0.4) is 0 Å². The number of aryl methyl sites for hydroxylation is 1. The van der Waals surface area contributed by atoms with Crippen LogP contribution < -0.4 is 5.73 Å². The maximum Gasteiger partial charge on any atom is 0.0871 e. The molecule has 0 amide bonds. The van der Waals surface area contributed by atoms with Crippen LogP contribution in [0.1, 0.15) is 45.0 Å². The second-order valence-corrected chi connectivity index (χ2v) is 4.68. The van der Waals surface area contributed by atoms with Gasteiger partial charge in [-0.05, 0) is 25.3 Å². The summed E-state index contributed by atoms with van der Waals surface area (Å²) in [7, 11) is 0. The molecule has 1 aromatic rings. The molecule has 0 atom stereocenters. The summed E-state index contributed by atoms with van der Waals surface area (Å²) in [6.45, 7) is 8.28. The first-order valence-electron chi connectivity index (χ1n) is 6.30. The maximum atomic E-state index is 5.58. The molecule has 0 unspecified atom stereocenters. The van der Waals surface area contributed by atoms with Crippen LogP contribution in [0.15, 0.2) is 0 Å². The van der Waals surface area contributed by atoms with Crippen LogP contribution in [0.25, 0.3) is 0 Å². The first-order valence-corrected chi connectivity index (χ1v) is 6.30. The van der Waals surface area contributed by atoms with Crippen LogP contribution in [0, 0.1) is 5.92 Å². The van der Waals surface area contributed by atoms with Crippen LogP contribution in [0.4, 0.5) is 0 Å². The van der Waals surface area contributed by atoms with Crippen molar-refractivity contribution in [1.82, 2.24) is 15.0 Å². The Hall–Kier alpha value is -0.900. The minimum absolute atomic E-state index is 0.652. The molecule has 0 spiro atoms. The van der Waals surface area contributed by atoms with E-state index in [0.717, 1.165) is 37.9 Å². The zero-order valence-electron chi connectivity index (χ0n) is 10.7. The monoisotopic (exact) mass is 224 g/mol. The lowest BCUT2D eigenvalue weighted by atomic mass is 10.1. The third-order valence-electron chi connectivity index (χ3n) is 2.70. The van der Waals surface area contributed by atoms with Gasteiger partial charge in [-0.1, -0.05) is 32.4 Å². The van der Waals surface area contributed by atoms with Crippen molar-refractivity contribution in [2.45, 2.75) is 53.0 Å². The average molecular weight is 224 g/mol. The molecule has 92 valence electrons. The van der Waals surface area contributed by atoms with Gasteiger partial charge in [0.15, 0.2) is 0 Å². The van der Waals surface area contributed by atoms with E-state index in [2.05, 4.69) is 35.8 Å². The lowest BCUT2D eigenvalue weighted by Crippen LogP contribution is -2.10. The molecular formula is C12H24N4. The van der Waals surface area contributed by atoms with E-state index in [0.29, 0.717) is 12.5 Å². The largest absolute Gasteiger partial charge is 0.330 e. The number of rotatable bonds is 7. The minimum atomic E-state index is 0.652. The molecule has 0 aromatic carbocycles. The van der Waals surface area contributed by atoms with Gasteiger partial charge in [0.25, 0.3) is 0 Å². The van der Waals surface area contributed by atoms with Gasteiger partial charge in [0.2, 0.25) is 0 Å². The molecule has 4 heteroatoms. The van der Waals surface area contributed by atoms with E-state index >= 15 is 0 Å². The molecule has 1 aromatic heterocycles. The summed E-state index contributed by atoms with van der Waals surface area (Å²) in [6, 6.07) is 0. The Morgan fingerprint density at radius 2 is 2.06 bits per heavy atom. The molecule has 0 aliphatic carbocycles. The Morgan fingerprint density at radius 3 is 2.62 bits per heavy atom. The summed E-state index contributed by atoms with van der Waals surface area (Å²) < 4.78 is 2.06. The van der Waals surface area contributed by atoms with E-state index in [1.165, 1.54) is 5.69 Å². The lowest BCUT2D eigenvalue weighted by molar-refractivity contribution is 0.466. The molecule has 0 fully saturated rings. The van der Waals surface area contributed by atoms with Crippen LogP contribution in [0.2, 0.25) is 0 Å². The number of nitrogens with two attached hydrogens (primary N) is 1. The van der Waals surface area contributed by atoms with E-state index in [1.807, 2.05) is 0 Å². The lowest BCUT2D eigenvalue weighted by Gasteiger charge is -2.08. The van der Waals surface area contributed by atoms with Crippen molar-refractivity contribution in [3.8, 4) is 0 Å². The van der Waals surface area contributed by atoms with Crippen molar-refractivity contribution in [1.29, 1.82) is 0 Å². The van der Waals surface area contributed by atoms with Gasteiger partial charge in [0, 0.05) is 13.0 Å².